The summed E-state index contributed by atoms with van der Waals surface area (Å²) >= 11 is 13.1. The summed E-state index contributed by atoms with van der Waals surface area (Å²) in [5, 5.41) is 13.7. The minimum Gasteiger partial charge on any atom is -0.491 e. The highest BCUT2D eigenvalue weighted by molar-refractivity contribution is 6.46. The van der Waals surface area contributed by atoms with Gasteiger partial charge in [0.25, 0.3) is 5.91 Å². The summed E-state index contributed by atoms with van der Waals surface area (Å²) in [4.78, 5) is 26.9. The molecule has 1 saturated heterocycles. The van der Waals surface area contributed by atoms with Crippen molar-refractivity contribution < 1.29 is 24.2 Å². The zero-order valence-electron chi connectivity index (χ0n) is 20.4. The first-order valence-electron chi connectivity index (χ1n) is 11.7. The smallest absolute Gasteiger partial charge is 0.335 e. The zero-order valence-corrected chi connectivity index (χ0v) is 21.9. The summed E-state index contributed by atoms with van der Waals surface area (Å²) in [6.07, 6.45) is 0.563. The molecule has 1 unspecified atom stereocenters. The first-order chi connectivity index (χ1) is 17.2. The van der Waals surface area contributed by atoms with Gasteiger partial charge in [-0.15, -0.1) is 0 Å². The monoisotopic (exact) mass is 533 g/mol. The highest BCUT2D eigenvalue weighted by Crippen LogP contribution is 2.40. The van der Waals surface area contributed by atoms with Gasteiger partial charge >= 0.3 is 5.97 Å². The van der Waals surface area contributed by atoms with Crippen molar-refractivity contribution in [3.63, 3.8) is 0 Å². The summed E-state index contributed by atoms with van der Waals surface area (Å²) in [7, 11) is 3.91. The van der Waals surface area contributed by atoms with Gasteiger partial charge in [0.15, 0.2) is 0 Å². The van der Waals surface area contributed by atoms with E-state index in [2.05, 4.69) is 5.32 Å². The van der Waals surface area contributed by atoms with Gasteiger partial charge < -0.3 is 29.4 Å². The van der Waals surface area contributed by atoms with Crippen molar-refractivity contribution in [2.75, 3.05) is 40.5 Å². The van der Waals surface area contributed by atoms with E-state index < -0.39 is 11.5 Å². The molecule has 36 heavy (non-hydrogen) atoms. The maximum atomic E-state index is 13.6. The highest BCUT2D eigenvalue weighted by Gasteiger charge is 2.39. The normalized spacial score (nSPS) is 17.6. The van der Waals surface area contributed by atoms with Gasteiger partial charge in [-0.1, -0.05) is 35.3 Å². The molecule has 8 nitrogen and oxygen atoms in total. The van der Waals surface area contributed by atoms with Crippen molar-refractivity contribution in [3.8, 4) is 5.75 Å². The number of benzene rings is 2. The molecule has 192 valence electrons. The SMILES string of the molecule is CCn1c(C(=O)NC2(c3ccc(C(=O)O)cc3)CCOC2)cc2c(Cl)c(Cl)c(OCCN(C)C)cc21. The number of rotatable bonds is 9. The van der Waals surface area contributed by atoms with Crippen LogP contribution < -0.4 is 10.1 Å². The fourth-order valence-corrected chi connectivity index (χ4v) is 4.91. The van der Waals surface area contributed by atoms with Crippen molar-refractivity contribution >= 4 is 46.0 Å². The van der Waals surface area contributed by atoms with Crippen molar-refractivity contribution in [1.82, 2.24) is 14.8 Å². The second kappa shape index (κ2) is 10.7. The molecule has 1 atom stereocenters. The first-order valence-corrected chi connectivity index (χ1v) is 12.5. The van der Waals surface area contributed by atoms with Crippen LogP contribution in [-0.2, 0) is 16.8 Å². The molecule has 2 heterocycles. The average molecular weight is 534 g/mol. The third-order valence-corrected chi connectivity index (χ3v) is 7.32. The quantitative estimate of drug-likeness (QED) is 0.415. The molecule has 0 spiro atoms. The summed E-state index contributed by atoms with van der Waals surface area (Å²) in [5.74, 6) is -0.826. The Labute approximate surface area is 219 Å². The predicted octanol–water partition coefficient (Wildman–Crippen LogP) is 4.65. The number of halogens is 2. The van der Waals surface area contributed by atoms with Crippen molar-refractivity contribution in [1.29, 1.82) is 0 Å². The third kappa shape index (κ3) is 5.04. The van der Waals surface area contributed by atoms with Gasteiger partial charge in [-0.2, -0.15) is 0 Å². The Bertz CT molecular complexity index is 1280. The number of likely N-dealkylation sites (N-methyl/N-ethyl adjacent to an activating group) is 1. The lowest BCUT2D eigenvalue weighted by atomic mass is 9.88. The van der Waals surface area contributed by atoms with E-state index in [0.717, 1.165) is 11.1 Å². The Balaban J connectivity index is 1.68. The molecule has 10 heteroatoms. The Morgan fingerprint density at radius 1 is 1.19 bits per heavy atom. The summed E-state index contributed by atoms with van der Waals surface area (Å²) in [6, 6.07) is 10.1. The molecule has 1 aliphatic rings. The van der Waals surface area contributed by atoms with Crippen LogP contribution in [0.4, 0.5) is 0 Å². The molecule has 0 bridgehead atoms. The van der Waals surface area contributed by atoms with Crippen LogP contribution in [0.25, 0.3) is 10.9 Å². The lowest BCUT2D eigenvalue weighted by molar-refractivity contribution is 0.0696. The van der Waals surface area contributed by atoms with E-state index in [1.54, 1.807) is 18.2 Å². The van der Waals surface area contributed by atoms with Crippen LogP contribution in [0.3, 0.4) is 0 Å². The molecule has 1 fully saturated rings. The van der Waals surface area contributed by atoms with Crippen LogP contribution in [0.5, 0.6) is 5.75 Å². The van der Waals surface area contributed by atoms with Crippen LogP contribution in [0.2, 0.25) is 10.0 Å². The Kier molecular flexibility index (Phi) is 7.80. The molecule has 3 aromatic rings. The Hall–Kier alpha value is -2.78. The molecule has 0 radical (unpaired) electrons. The summed E-state index contributed by atoms with van der Waals surface area (Å²) < 4.78 is 13.4. The number of carbonyl (C=O) groups excluding carboxylic acids is 1. The minimum atomic E-state index is -1.00. The molecule has 1 amide bonds. The van der Waals surface area contributed by atoms with Gasteiger partial charge in [-0.05, 0) is 44.8 Å². The predicted molar refractivity (Wildman–Crippen MR) is 140 cm³/mol. The molecule has 0 saturated carbocycles. The minimum absolute atomic E-state index is 0.181. The number of aromatic carboxylic acids is 1. The van der Waals surface area contributed by atoms with Crippen molar-refractivity contribution in [3.05, 3.63) is 63.3 Å². The number of hydrogen-bond acceptors (Lipinski definition) is 5. The Morgan fingerprint density at radius 2 is 1.92 bits per heavy atom. The van der Waals surface area contributed by atoms with Gasteiger partial charge in [0.2, 0.25) is 0 Å². The van der Waals surface area contributed by atoms with Gasteiger partial charge in [-0.25, -0.2) is 4.79 Å². The lowest BCUT2D eigenvalue weighted by Crippen LogP contribution is -2.47. The van der Waals surface area contributed by atoms with E-state index in [1.807, 2.05) is 36.6 Å². The molecular formula is C26H29Cl2N3O5. The molecule has 1 aromatic heterocycles. The number of ether oxygens (including phenoxy) is 2. The number of carbonyl (C=O) groups is 2. The molecule has 2 aromatic carbocycles. The van der Waals surface area contributed by atoms with Gasteiger partial charge in [0.05, 0.1) is 28.2 Å². The molecule has 4 rings (SSSR count). The lowest BCUT2D eigenvalue weighted by Gasteiger charge is -2.29. The average Bonchev–Trinajstić information content (AvgIpc) is 3.47. The van der Waals surface area contributed by atoms with Crippen molar-refractivity contribution in [2.24, 2.45) is 0 Å². The van der Waals surface area contributed by atoms with E-state index in [9.17, 15) is 14.7 Å². The molecular weight excluding hydrogens is 505 g/mol. The number of nitrogens with zero attached hydrogens (tertiary/aromatic N) is 2. The number of amides is 1. The van der Waals surface area contributed by atoms with Gasteiger partial charge in [-0.3, -0.25) is 4.79 Å². The topological polar surface area (TPSA) is 93.0 Å². The third-order valence-electron chi connectivity index (χ3n) is 6.46. The number of carboxylic acid groups (broad SMARTS) is 1. The summed E-state index contributed by atoms with van der Waals surface area (Å²) in [6.45, 7) is 4.40. The highest BCUT2D eigenvalue weighted by atomic mass is 35.5. The van der Waals surface area contributed by atoms with E-state index >= 15 is 0 Å². The number of aromatic nitrogens is 1. The number of fused-ring (bicyclic) bond motifs is 1. The van der Waals surface area contributed by atoms with E-state index in [-0.39, 0.29) is 18.1 Å². The van der Waals surface area contributed by atoms with Crippen LogP contribution in [0, 0.1) is 0 Å². The van der Waals surface area contributed by atoms with E-state index in [0.29, 0.717) is 59.6 Å². The van der Waals surface area contributed by atoms with E-state index in [1.165, 1.54) is 12.1 Å². The van der Waals surface area contributed by atoms with E-state index in [4.69, 9.17) is 32.7 Å². The fraction of sp³-hybridized carbons (Fsp3) is 0.385. The molecule has 0 aliphatic carbocycles. The van der Waals surface area contributed by atoms with Crippen LogP contribution in [-0.4, -0.2) is 66.9 Å². The van der Waals surface area contributed by atoms with Crippen molar-refractivity contribution in [2.45, 2.75) is 25.4 Å². The standard InChI is InChI=1S/C26H29Cl2N3O5/c1-4-31-19-14-21(36-12-10-30(2)3)23(28)22(27)18(19)13-20(31)24(32)29-26(9-11-35-15-26)17-7-5-16(6-8-17)25(33)34/h5-8,13-14H,4,9-12,15H2,1-3H3,(H,29,32)(H,33,34). The number of hydrogen-bond donors (Lipinski definition) is 2. The van der Waals surface area contributed by atoms with Crippen LogP contribution in [0.1, 0.15) is 39.8 Å². The zero-order chi connectivity index (χ0) is 26.0. The fourth-order valence-electron chi connectivity index (χ4n) is 4.46. The van der Waals surface area contributed by atoms with Crippen LogP contribution >= 0.6 is 23.2 Å². The first kappa shape index (κ1) is 26.3. The number of aryl methyl sites for hydroxylation is 1. The summed E-state index contributed by atoms with van der Waals surface area (Å²) in [5.41, 5.74) is 1.38. The van der Waals surface area contributed by atoms with Gasteiger partial charge in [0.1, 0.15) is 23.1 Å². The maximum Gasteiger partial charge on any atom is 0.335 e. The second-order valence-corrected chi connectivity index (χ2v) is 9.84. The largest absolute Gasteiger partial charge is 0.491 e. The Morgan fingerprint density at radius 3 is 2.50 bits per heavy atom. The molecule has 2 N–H and O–H groups in total. The number of carboxylic acids is 1. The molecule has 1 aliphatic heterocycles. The number of nitrogens with one attached hydrogen (secondary N) is 1. The maximum absolute atomic E-state index is 13.6. The van der Waals surface area contributed by atoms with Crippen LogP contribution in [0.15, 0.2) is 36.4 Å². The second-order valence-electron chi connectivity index (χ2n) is 9.08. The van der Waals surface area contributed by atoms with Gasteiger partial charge in [0, 0.05) is 37.6 Å².